The number of aromatic nitrogens is 1. The Kier molecular flexibility index (Phi) is 7.36. The maximum Gasteiger partial charge on any atom is 0.191 e. The first-order chi connectivity index (χ1) is 9.17. The zero-order chi connectivity index (χ0) is 14.1. The molecule has 7 heteroatoms. The highest BCUT2D eigenvalue weighted by Gasteiger charge is 2.01. The van der Waals surface area contributed by atoms with Crippen LogP contribution < -0.4 is 16.0 Å². The normalized spacial score (nSPS) is 9.89. The monoisotopic (exact) mass is 303 g/mol. The fraction of sp³-hybridized carbons (Fsp3) is 0.500. The van der Waals surface area contributed by atoms with E-state index in [-0.39, 0.29) is 0 Å². The summed E-state index contributed by atoms with van der Waals surface area (Å²) in [6.07, 6.45) is 1.56. The van der Waals surface area contributed by atoms with Crippen molar-refractivity contribution in [3.63, 3.8) is 0 Å². The van der Waals surface area contributed by atoms with Gasteiger partial charge in [-0.25, -0.2) is 4.98 Å². The van der Waals surface area contributed by atoms with E-state index in [0.717, 1.165) is 19.0 Å². The molecule has 1 heterocycles. The van der Waals surface area contributed by atoms with Gasteiger partial charge in [-0.2, -0.15) is 0 Å². The Morgan fingerprint density at radius 2 is 1.95 bits per heavy atom. The van der Waals surface area contributed by atoms with Crippen LogP contribution in [-0.2, 0) is 0 Å². The molecule has 0 atom stereocenters. The topological polar surface area (TPSA) is 61.3 Å². The van der Waals surface area contributed by atoms with Gasteiger partial charge in [0.1, 0.15) is 5.82 Å². The van der Waals surface area contributed by atoms with E-state index in [1.165, 1.54) is 0 Å². The molecule has 0 aliphatic carbocycles. The predicted octanol–water partition coefficient (Wildman–Crippen LogP) is 2.38. The number of anilines is 1. The van der Waals surface area contributed by atoms with Crippen molar-refractivity contribution in [3.05, 3.63) is 22.3 Å². The number of halogens is 2. The fourth-order valence-corrected chi connectivity index (χ4v) is 1.84. The molecule has 0 saturated heterocycles. The summed E-state index contributed by atoms with van der Waals surface area (Å²) in [5.41, 5.74) is 0. The van der Waals surface area contributed by atoms with Crippen molar-refractivity contribution in [2.24, 2.45) is 4.99 Å². The summed E-state index contributed by atoms with van der Waals surface area (Å²) in [6, 6.07) is 1.66. The minimum Gasteiger partial charge on any atom is -0.367 e. The molecule has 0 aromatic carbocycles. The number of nitrogens with one attached hydrogen (secondary N) is 3. The van der Waals surface area contributed by atoms with Crippen LogP contribution in [0.5, 0.6) is 0 Å². The van der Waals surface area contributed by atoms with Gasteiger partial charge in [-0.3, -0.25) is 4.99 Å². The Bertz CT molecular complexity index is 415. The van der Waals surface area contributed by atoms with E-state index in [0.29, 0.717) is 29.0 Å². The minimum atomic E-state index is 0.509. The standard InChI is InChI=1S/C12H19Cl2N5/c1-3-15-12(16-4-2)18-6-5-17-11-10(14)7-9(13)8-19-11/h7-8H,3-6H2,1-2H3,(H,17,19)(H2,15,16,18). The Morgan fingerprint density at radius 1 is 1.26 bits per heavy atom. The van der Waals surface area contributed by atoms with Gasteiger partial charge in [-0.05, 0) is 19.9 Å². The van der Waals surface area contributed by atoms with E-state index >= 15 is 0 Å². The number of hydrogen-bond donors (Lipinski definition) is 3. The number of guanidine groups is 1. The molecule has 1 aromatic heterocycles. The average molecular weight is 304 g/mol. The summed E-state index contributed by atoms with van der Waals surface area (Å²) in [4.78, 5) is 8.51. The van der Waals surface area contributed by atoms with Crippen LogP contribution in [0.15, 0.2) is 17.3 Å². The van der Waals surface area contributed by atoms with Crippen LogP contribution in [0, 0.1) is 0 Å². The second-order valence-corrected chi connectivity index (χ2v) is 4.55. The number of hydrogen-bond acceptors (Lipinski definition) is 3. The average Bonchev–Trinajstić information content (AvgIpc) is 2.37. The molecule has 5 nitrogen and oxygen atoms in total. The SMILES string of the molecule is CCNC(=NCCNc1ncc(Cl)cc1Cl)NCC. The molecule has 0 fully saturated rings. The van der Waals surface area contributed by atoms with Crippen molar-refractivity contribution < 1.29 is 0 Å². The van der Waals surface area contributed by atoms with Gasteiger partial charge in [0.15, 0.2) is 5.96 Å². The maximum absolute atomic E-state index is 6.00. The molecule has 0 saturated carbocycles. The number of rotatable bonds is 6. The third kappa shape index (κ3) is 5.98. The quantitative estimate of drug-likeness (QED) is 0.429. The molecular weight excluding hydrogens is 285 g/mol. The van der Waals surface area contributed by atoms with Crippen LogP contribution in [0.2, 0.25) is 10.0 Å². The van der Waals surface area contributed by atoms with Gasteiger partial charge in [0.05, 0.1) is 16.6 Å². The molecule has 0 radical (unpaired) electrons. The van der Waals surface area contributed by atoms with Crippen LogP contribution in [0.1, 0.15) is 13.8 Å². The molecule has 1 aromatic rings. The van der Waals surface area contributed by atoms with E-state index in [1.807, 2.05) is 13.8 Å². The first-order valence-electron chi connectivity index (χ1n) is 6.24. The highest BCUT2D eigenvalue weighted by atomic mass is 35.5. The summed E-state index contributed by atoms with van der Waals surface area (Å²) in [7, 11) is 0. The zero-order valence-electron chi connectivity index (χ0n) is 11.1. The van der Waals surface area contributed by atoms with Crippen LogP contribution in [0.25, 0.3) is 0 Å². The first kappa shape index (κ1) is 15.9. The van der Waals surface area contributed by atoms with Gasteiger partial charge in [-0.1, -0.05) is 23.2 Å². The lowest BCUT2D eigenvalue weighted by Crippen LogP contribution is -2.37. The molecule has 0 spiro atoms. The van der Waals surface area contributed by atoms with Gasteiger partial charge < -0.3 is 16.0 Å². The summed E-state index contributed by atoms with van der Waals surface area (Å²) in [5, 5.41) is 10.5. The first-order valence-corrected chi connectivity index (χ1v) is 7.00. The van der Waals surface area contributed by atoms with Crippen molar-refractivity contribution in [2.75, 3.05) is 31.5 Å². The number of nitrogens with zero attached hydrogens (tertiary/aromatic N) is 2. The molecular formula is C12H19Cl2N5. The highest BCUT2D eigenvalue weighted by molar-refractivity contribution is 6.35. The van der Waals surface area contributed by atoms with E-state index in [2.05, 4.69) is 25.9 Å². The molecule has 0 bridgehead atoms. The summed E-state index contributed by atoms with van der Waals surface area (Å²) < 4.78 is 0. The van der Waals surface area contributed by atoms with Gasteiger partial charge >= 0.3 is 0 Å². The minimum absolute atomic E-state index is 0.509. The molecule has 0 aliphatic rings. The van der Waals surface area contributed by atoms with Crippen molar-refractivity contribution in [2.45, 2.75) is 13.8 Å². The van der Waals surface area contributed by atoms with Crippen molar-refractivity contribution >= 4 is 35.0 Å². The second-order valence-electron chi connectivity index (χ2n) is 3.70. The summed E-state index contributed by atoms with van der Waals surface area (Å²) in [5.74, 6) is 1.43. The van der Waals surface area contributed by atoms with Crippen molar-refractivity contribution in [1.29, 1.82) is 0 Å². The summed E-state index contributed by atoms with van der Waals surface area (Å²) in [6.45, 7) is 7.00. The molecule has 1 rings (SSSR count). The lowest BCUT2D eigenvalue weighted by Gasteiger charge is -2.10. The third-order valence-corrected chi connectivity index (χ3v) is 2.67. The molecule has 19 heavy (non-hydrogen) atoms. The second kappa shape index (κ2) is 8.82. The number of aliphatic imine (C=N–C) groups is 1. The van der Waals surface area contributed by atoms with Gasteiger partial charge in [0.2, 0.25) is 0 Å². The van der Waals surface area contributed by atoms with E-state index in [4.69, 9.17) is 23.2 Å². The molecule has 0 amide bonds. The Hall–Kier alpha value is -1.20. The maximum atomic E-state index is 6.00. The van der Waals surface area contributed by atoms with Crippen LogP contribution in [0.4, 0.5) is 5.82 Å². The van der Waals surface area contributed by atoms with E-state index in [1.54, 1.807) is 12.3 Å². The Balaban J connectivity index is 2.42. The van der Waals surface area contributed by atoms with Gasteiger partial charge in [0, 0.05) is 25.8 Å². The largest absolute Gasteiger partial charge is 0.367 e. The lowest BCUT2D eigenvalue weighted by molar-refractivity contribution is 0.839. The predicted molar refractivity (Wildman–Crippen MR) is 82.4 cm³/mol. The van der Waals surface area contributed by atoms with Gasteiger partial charge in [0.25, 0.3) is 0 Å². The highest BCUT2D eigenvalue weighted by Crippen LogP contribution is 2.21. The molecule has 0 aliphatic heterocycles. The molecule has 3 N–H and O–H groups in total. The van der Waals surface area contributed by atoms with Crippen LogP contribution in [0.3, 0.4) is 0 Å². The number of pyridine rings is 1. The molecule has 0 unspecified atom stereocenters. The Labute approximate surface area is 123 Å². The lowest BCUT2D eigenvalue weighted by atomic mass is 10.4. The smallest absolute Gasteiger partial charge is 0.191 e. The van der Waals surface area contributed by atoms with Crippen molar-refractivity contribution in [1.82, 2.24) is 15.6 Å². The van der Waals surface area contributed by atoms with E-state index in [9.17, 15) is 0 Å². The van der Waals surface area contributed by atoms with Gasteiger partial charge in [-0.15, -0.1) is 0 Å². The fourth-order valence-electron chi connectivity index (χ4n) is 1.40. The zero-order valence-corrected chi connectivity index (χ0v) is 12.6. The Morgan fingerprint density at radius 3 is 2.53 bits per heavy atom. The molecule has 106 valence electrons. The van der Waals surface area contributed by atoms with Crippen LogP contribution >= 0.6 is 23.2 Å². The third-order valence-electron chi connectivity index (χ3n) is 2.17. The van der Waals surface area contributed by atoms with E-state index < -0.39 is 0 Å². The van der Waals surface area contributed by atoms with Crippen molar-refractivity contribution in [3.8, 4) is 0 Å². The summed E-state index contributed by atoms with van der Waals surface area (Å²) >= 11 is 11.8. The van der Waals surface area contributed by atoms with Crippen LogP contribution in [-0.4, -0.2) is 37.1 Å².